The number of amides is 1. The maximum absolute atomic E-state index is 14.2. The Balaban J connectivity index is 1.97. The third-order valence-corrected chi connectivity index (χ3v) is 3.54. The van der Waals surface area contributed by atoms with Crippen LogP contribution in [0.25, 0.3) is 0 Å². The second kappa shape index (κ2) is 7.26. The average Bonchev–Trinajstić information content (AvgIpc) is 2.48. The summed E-state index contributed by atoms with van der Waals surface area (Å²) in [5.74, 6) is -0.215. The average molecular weight is 295 g/mol. The van der Waals surface area contributed by atoms with Crippen LogP contribution in [0.3, 0.4) is 0 Å². The minimum absolute atomic E-state index is 0.215. The van der Waals surface area contributed by atoms with Crippen LogP contribution in [-0.4, -0.2) is 50.8 Å². The summed E-state index contributed by atoms with van der Waals surface area (Å²) < 4.78 is 19.1. The van der Waals surface area contributed by atoms with E-state index in [1.54, 1.807) is 17.9 Å². The number of anilines is 1. The molecule has 1 saturated heterocycles. The summed E-state index contributed by atoms with van der Waals surface area (Å²) in [6.45, 7) is 5.14. The fourth-order valence-corrected chi connectivity index (χ4v) is 2.47. The Bertz CT molecular complexity index is 488. The molecule has 0 aromatic heterocycles. The van der Waals surface area contributed by atoms with Crippen molar-refractivity contribution in [2.24, 2.45) is 0 Å². The first-order chi connectivity index (χ1) is 10.2. The van der Waals surface area contributed by atoms with E-state index in [2.05, 4.69) is 5.32 Å². The number of piperazine rings is 1. The molecule has 21 heavy (non-hydrogen) atoms. The zero-order chi connectivity index (χ0) is 15.2. The van der Waals surface area contributed by atoms with Crippen molar-refractivity contribution in [2.45, 2.75) is 13.5 Å². The van der Waals surface area contributed by atoms with Gasteiger partial charge in [-0.2, -0.15) is 0 Å². The lowest BCUT2D eigenvalue weighted by atomic mass is 10.1. The maximum Gasteiger partial charge on any atom is 0.409 e. The van der Waals surface area contributed by atoms with Crippen LogP contribution in [0.1, 0.15) is 12.5 Å². The molecule has 0 aliphatic carbocycles. The number of carbonyl (C=O) groups is 1. The van der Waals surface area contributed by atoms with Gasteiger partial charge in [0.1, 0.15) is 5.82 Å². The van der Waals surface area contributed by atoms with Crippen molar-refractivity contribution < 1.29 is 13.9 Å². The number of hydrogen-bond donors (Lipinski definition) is 1. The van der Waals surface area contributed by atoms with E-state index >= 15 is 0 Å². The van der Waals surface area contributed by atoms with Crippen molar-refractivity contribution >= 4 is 11.8 Å². The van der Waals surface area contributed by atoms with Crippen LogP contribution in [0, 0.1) is 5.82 Å². The zero-order valence-corrected chi connectivity index (χ0v) is 12.6. The van der Waals surface area contributed by atoms with E-state index < -0.39 is 0 Å². The molecule has 1 amide bonds. The Labute approximate surface area is 124 Å². The van der Waals surface area contributed by atoms with Crippen molar-refractivity contribution in [1.29, 1.82) is 0 Å². The largest absolute Gasteiger partial charge is 0.450 e. The zero-order valence-electron chi connectivity index (χ0n) is 12.6. The molecule has 1 aliphatic rings. The van der Waals surface area contributed by atoms with Crippen LogP contribution in [0.4, 0.5) is 14.9 Å². The molecule has 5 nitrogen and oxygen atoms in total. The highest BCUT2D eigenvalue weighted by atomic mass is 19.1. The summed E-state index contributed by atoms with van der Waals surface area (Å²) in [4.78, 5) is 15.3. The molecule has 6 heteroatoms. The van der Waals surface area contributed by atoms with Crippen molar-refractivity contribution in [3.05, 3.63) is 29.6 Å². The Morgan fingerprint density at radius 2 is 2.05 bits per heavy atom. The van der Waals surface area contributed by atoms with Gasteiger partial charge in [-0.1, -0.05) is 6.07 Å². The van der Waals surface area contributed by atoms with Crippen molar-refractivity contribution in [1.82, 2.24) is 10.2 Å². The number of hydrogen-bond acceptors (Lipinski definition) is 4. The minimum Gasteiger partial charge on any atom is -0.450 e. The van der Waals surface area contributed by atoms with Gasteiger partial charge in [0.15, 0.2) is 0 Å². The Morgan fingerprint density at radius 3 is 2.62 bits per heavy atom. The van der Waals surface area contributed by atoms with Gasteiger partial charge in [0.2, 0.25) is 0 Å². The first-order valence-electron chi connectivity index (χ1n) is 7.25. The predicted octanol–water partition coefficient (Wildman–Crippen LogP) is 1.82. The lowest BCUT2D eigenvalue weighted by Gasteiger charge is -2.35. The van der Waals surface area contributed by atoms with Gasteiger partial charge in [-0.3, -0.25) is 0 Å². The molecule has 1 N–H and O–H groups in total. The minimum atomic E-state index is -0.290. The summed E-state index contributed by atoms with van der Waals surface area (Å²) in [7, 11) is 1.83. The number of nitrogens with zero attached hydrogens (tertiary/aromatic N) is 2. The maximum atomic E-state index is 14.2. The van der Waals surface area contributed by atoms with Crippen LogP contribution in [0.5, 0.6) is 0 Å². The van der Waals surface area contributed by atoms with Gasteiger partial charge >= 0.3 is 6.09 Å². The Hall–Kier alpha value is -1.82. The summed E-state index contributed by atoms with van der Waals surface area (Å²) in [5, 5.41) is 3.00. The molecular weight excluding hydrogens is 273 g/mol. The van der Waals surface area contributed by atoms with Crippen molar-refractivity contribution in [3.8, 4) is 0 Å². The van der Waals surface area contributed by atoms with Crippen LogP contribution in [0.15, 0.2) is 18.2 Å². The van der Waals surface area contributed by atoms with Gasteiger partial charge in [-0.15, -0.1) is 0 Å². The van der Waals surface area contributed by atoms with E-state index in [0.29, 0.717) is 45.0 Å². The molecule has 116 valence electrons. The van der Waals surface area contributed by atoms with Crippen LogP contribution >= 0.6 is 0 Å². The van der Waals surface area contributed by atoms with Crippen molar-refractivity contribution in [2.75, 3.05) is 44.7 Å². The molecule has 0 radical (unpaired) electrons. The smallest absolute Gasteiger partial charge is 0.409 e. The lowest BCUT2D eigenvalue weighted by Crippen LogP contribution is -2.49. The molecule has 1 fully saturated rings. The number of carbonyl (C=O) groups excluding carboxylic acids is 1. The normalized spacial score (nSPS) is 15.2. The standard InChI is InChI=1S/C15H22FN3O2/c1-3-21-15(20)19-8-6-18(7-9-19)14-5-4-12(11-17-2)10-13(14)16/h4-5,10,17H,3,6-9,11H2,1-2H3. The van der Waals surface area contributed by atoms with Crippen molar-refractivity contribution in [3.63, 3.8) is 0 Å². The van der Waals surface area contributed by atoms with Gasteiger partial charge in [0, 0.05) is 32.7 Å². The number of rotatable bonds is 4. The topological polar surface area (TPSA) is 44.8 Å². The Morgan fingerprint density at radius 1 is 1.33 bits per heavy atom. The van der Waals surface area contributed by atoms with Gasteiger partial charge < -0.3 is 19.9 Å². The Kier molecular flexibility index (Phi) is 5.38. The molecular formula is C15H22FN3O2. The van der Waals surface area contributed by atoms with Gasteiger partial charge in [0.25, 0.3) is 0 Å². The molecule has 1 aliphatic heterocycles. The van der Waals surface area contributed by atoms with Gasteiger partial charge in [-0.05, 0) is 31.7 Å². The monoisotopic (exact) mass is 295 g/mol. The first-order valence-corrected chi connectivity index (χ1v) is 7.25. The van der Waals surface area contributed by atoms with E-state index in [0.717, 1.165) is 5.56 Å². The highest BCUT2D eigenvalue weighted by Crippen LogP contribution is 2.22. The number of nitrogens with one attached hydrogen (secondary N) is 1. The quantitative estimate of drug-likeness (QED) is 0.920. The lowest BCUT2D eigenvalue weighted by molar-refractivity contribution is 0.105. The number of benzene rings is 1. The van der Waals surface area contributed by atoms with Gasteiger partial charge in [0.05, 0.1) is 12.3 Å². The number of ether oxygens (including phenoxy) is 1. The second-order valence-corrected chi connectivity index (χ2v) is 4.99. The van der Waals surface area contributed by atoms with Crippen LogP contribution in [0.2, 0.25) is 0 Å². The highest BCUT2D eigenvalue weighted by molar-refractivity contribution is 5.68. The summed E-state index contributed by atoms with van der Waals surface area (Å²) >= 11 is 0. The van der Waals surface area contributed by atoms with Crippen LogP contribution < -0.4 is 10.2 Å². The molecule has 1 aromatic carbocycles. The molecule has 0 atom stereocenters. The molecule has 0 spiro atoms. The molecule has 0 unspecified atom stereocenters. The fourth-order valence-electron chi connectivity index (χ4n) is 2.47. The summed E-state index contributed by atoms with van der Waals surface area (Å²) in [5.41, 5.74) is 1.52. The first kappa shape index (κ1) is 15.6. The summed E-state index contributed by atoms with van der Waals surface area (Å²) in [6, 6.07) is 5.29. The van der Waals surface area contributed by atoms with Gasteiger partial charge in [-0.25, -0.2) is 9.18 Å². The molecule has 2 rings (SSSR count). The van der Waals surface area contributed by atoms with E-state index in [1.165, 1.54) is 0 Å². The second-order valence-electron chi connectivity index (χ2n) is 4.99. The highest BCUT2D eigenvalue weighted by Gasteiger charge is 2.23. The molecule has 1 heterocycles. The third-order valence-electron chi connectivity index (χ3n) is 3.54. The van der Waals surface area contributed by atoms with E-state index in [1.807, 2.05) is 24.1 Å². The molecule has 0 saturated carbocycles. The van der Waals surface area contributed by atoms with E-state index in [-0.39, 0.29) is 11.9 Å². The number of halogens is 1. The summed E-state index contributed by atoms with van der Waals surface area (Å²) in [6.07, 6.45) is -0.290. The third kappa shape index (κ3) is 3.85. The predicted molar refractivity (Wildman–Crippen MR) is 80.0 cm³/mol. The SMILES string of the molecule is CCOC(=O)N1CCN(c2ccc(CNC)cc2F)CC1. The fraction of sp³-hybridized carbons (Fsp3) is 0.533. The molecule has 1 aromatic rings. The van der Waals surface area contributed by atoms with E-state index in [9.17, 15) is 9.18 Å². The van der Waals surface area contributed by atoms with Crippen LogP contribution in [-0.2, 0) is 11.3 Å². The van der Waals surface area contributed by atoms with E-state index in [4.69, 9.17) is 4.74 Å². The molecule has 0 bridgehead atoms.